The fourth-order valence-corrected chi connectivity index (χ4v) is 3.49. The van der Waals surface area contributed by atoms with Gasteiger partial charge in [0, 0.05) is 25.4 Å². The van der Waals surface area contributed by atoms with Crippen LogP contribution in [-0.4, -0.2) is 21.6 Å². The third kappa shape index (κ3) is 3.04. The minimum Gasteiger partial charge on any atom is -0.335 e. The molecule has 0 aliphatic heterocycles. The predicted octanol–water partition coefficient (Wildman–Crippen LogP) is 2.90. The molecular formula is C16H26N4. The zero-order chi connectivity index (χ0) is 14.4. The zero-order valence-electron chi connectivity index (χ0n) is 12.7. The lowest BCUT2D eigenvalue weighted by Crippen LogP contribution is -2.47. The highest BCUT2D eigenvalue weighted by atomic mass is 15.1. The van der Waals surface area contributed by atoms with E-state index in [1.807, 2.05) is 6.20 Å². The van der Waals surface area contributed by atoms with E-state index in [9.17, 15) is 5.26 Å². The molecule has 110 valence electrons. The van der Waals surface area contributed by atoms with E-state index >= 15 is 0 Å². The van der Waals surface area contributed by atoms with Gasteiger partial charge in [0.25, 0.3) is 0 Å². The van der Waals surface area contributed by atoms with E-state index in [-0.39, 0.29) is 5.54 Å². The van der Waals surface area contributed by atoms with Gasteiger partial charge in [0.1, 0.15) is 11.4 Å². The molecule has 1 aliphatic rings. The van der Waals surface area contributed by atoms with Crippen LogP contribution in [0.2, 0.25) is 0 Å². The Labute approximate surface area is 122 Å². The summed E-state index contributed by atoms with van der Waals surface area (Å²) in [6, 6.07) is 2.56. The Hall–Kier alpha value is -1.34. The van der Waals surface area contributed by atoms with E-state index in [4.69, 9.17) is 0 Å². The van der Waals surface area contributed by atoms with Crippen molar-refractivity contribution in [2.75, 3.05) is 6.54 Å². The van der Waals surface area contributed by atoms with Crippen molar-refractivity contribution in [3.63, 3.8) is 0 Å². The van der Waals surface area contributed by atoms with Gasteiger partial charge in [-0.05, 0) is 38.1 Å². The van der Waals surface area contributed by atoms with Crippen molar-refractivity contribution in [1.29, 1.82) is 5.26 Å². The number of aromatic nitrogens is 2. The van der Waals surface area contributed by atoms with E-state index in [0.717, 1.165) is 45.2 Å². The van der Waals surface area contributed by atoms with Crippen molar-refractivity contribution >= 4 is 0 Å². The Morgan fingerprint density at radius 1 is 1.55 bits per heavy atom. The molecule has 2 unspecified atom stereocenters. The number of aryl methyl sites for hydroxylation is 2. The van der Waals surface area contributed by atoms with Crippen LogP contribution in [0.1, 0.15) is 51.8 Å². The highest BCUT2D eigenvalue weighted by molar-refractivity contribution is 5.14. The Bertz CT molecular complexity index is 459. The van der Waals surface area contributed by atoms with Gasteiger partial charge in [0.15, 0.2) is 0 Å². The Balaban J connectivity index is 1.99. The second kappa shape index (κ2) is 6.90. The first kappa shape index (κ1) is 15.1. The predicted molar refractivity (Wildman–Crippen MR) is 80.2 cm³/mol. The van der Waals surface area contributed by atoms with Gasteiger partial charge >= 0.3 is 0 Å². The molecule has 0 aromatic carbocycles. The van der Waals surface area contributed by atoms with Crippen LogP contribution in [0, 0.1) is 17.2 Å². The molecular weight excluding hydrogens is 248 g/mol. The monoisotopic (exact) mass is 274 g/mol. The van der Waals surface area contributed by atoms with Crippen molar-refractivity contribution < 1.29 is 0 Å². The first-order valence-corrected chi connectivity index (χ1v) is 7.92. The summed E-state index contributed by atoms with van der Waals surface area (Å²) in [5.41, 5.74) is -0.291. The standard InChI is InChI=1S/C16H26N4/c1-3-6-15-18-10-12-20(15)11-8-14-7-5-9-16(14,13-17)19-4-2/h10,12,14,19H,3-9,11H2,1-2H3. The summed E-state index contributed by atoms with van der Waals surface area (Å²) in [6.45, 7) is 6.12. The summed E-state index contributed by atoms with van der Waals surface area (Å²) in [4.78, 5) is 4.43. The molecule has 4 nitrogen and oxygen atoms in total. The summed E-state index contributed by atoms with van der Waals surface area (Å²) in [7, 11) is 0. The van der Waals surface area contributed by atoms with Crippen LogP contribution in [0.3, 0.4) is 0 Å². The molecule has 0 saturated heterocycles. The Morgan fingerprint density at radius 3 is 3.10 bits per heavy atom. The van der Waals surface area contributed by atoms with E-state index in [1.54, 1.807) is 0 Å². The van der Waals surface area contributed by atoms with Gasteiger partial charge in [-0.25, -0.2) is 4.98 Å². The first-order valence-electron chi connectivity index (χ1n) is 7.92. The number of imidazole rings is 1. The van der Waals surface area contributed by atoms with E-state index in [1.165, 1.54) is 12.2 Å². The lowest BCUT2D eigenvalue weighted by atomic mass is 9.86. The van der Waals surface area contributed by atoms with E-state index in [0.29, 0.717) is 5.92 Å². The molecule has 1 aromatic rings. The number of nitrogens with zero attached hydrogens (tertiary/aromatic N) is 3. The van der Waals surface area contributed by atoms with Gasteiger partial charge in [0.05, 0.1) is 6.07 Å². The Morgan fingerprint density at radius 2 is 2.40 bits per heavy atom. The molecule has 1 heterocycles. The lowest BCUT2D eigenvalue weighted by Gasteiger charge is -2.29. The summed E-state index contributed by atoms with van der Waals surface area (Å²) in [5.74, 6) is 1.64. The molecule has 1 N–H and O–H groups in total. The maximum atomic E-state index is 9.58. The van der Waals surface area contributed by atoms with Crippen LogP contribution in [-0.2, 0) is 13.0 Å². The third-order valence-corrected chi connectivity index (χ3v) is 4.51. The summed E-state index contributed by atoms with van der Waals surface area (Å²) in [5, 5.41) is 13.0. The van der Waals surface area contributed by atoms with Crippen molar-refractivity contribution in [3.05, 3.63) is 18.2 Å². The largest absolute Gasteiger partial charge is 0.335 e. The average Bonchev–Trinajstić information content (AvgIpc) is 3.05. The number of rotatable bonds is 7. The molecule has 2 rings (SSSR count). The highest BCUT2D eigenvalue weighted by Gasteiger charge is 2.42. The molecule has 20 heavy (non-hydrogen) atoms. The molecule has 0 amide bonds. The van der Waals surface area contributed by atoms with Crippen LogP contribution in [0.15, 0.2) is 12.4 Å². The summed E-state index contributed by atoms with van der Waals surface area (Å²) >= 11 is 0. The maximum Gasteiger partial charge on any atom is 0.109 e. The quantitative estimate of drug-likeness (QED) is 0.831. The average molecular weight is 274 g/mol. The number of hydrogen-bond donors (Lipinski definition) is 1. The van der Waals surface area contributed by atoms with Crippen LogP contribution in [0.25, 0.3) is 0 Å². The topological polar surface area (TPSA) is 53.6 Å². The number of hydrogen-bond acceptors (Lipinski definition) is 3. The minimum absolute atomic E-state index is 0.291. The maximum absolute atomic E-state index is 9.58. The normalized spacial score (nSPS) is 25.8. The van der Waals surface area contributed by atoms with Crippen molar-refractivity contribution in [1.82, 2.24) is 14.9 Å². The van der Waals surface area contributed by atoms with Gasteiger partial charge in [-0.2, -0.15) is 5.26 Å². The molecule has 0 radical (unpaired) electrons. The highest BCUT2D eigenvalue weighted by Crippen LogP contribution is 2.37. The number of nitriles is 1. The van der Waals surface area contributed by atoms with Crippen LogP contribution < -0.4 is 5.32 Å². The SMILES string of the molecule is CCCc1nccn1CCC1CCCC1(C#N)NCC. The van der Waals surface area contributed by atoms with Gasteiger partial charge < -0.3 is 4.57 Å². The van der Waals surface area contributed by atoms with Crippen LogP contribution >= 0.6 is 0 Å². The minimum atomic E-state index is -0.291. The van der Waals surface area contributed by atoms with Gasteiger partial charge in [0.2, 0.25) is 0 Å². The molecule has 1 aromatic heterocycles. The van der Waals surface area contributed by atoms with Crippen molar-refractivity contribution in [2.24, 2.45) is 5.92 Å². The Kier molecular flexibility index (Phi) is 5.19. The second-order valence-electron chi connectivity index (χ2n) is 5.78. The molecule has 1 fully saturated rings. The molecule has 0 bridgehead atoms. The molecule has 0 spiro atoms. The van der Waals surface area contributed by atoms with E-state index < -0.39 is 0 Å². The van der Waals surface area contributed by atoms with Gasteiger partial charge in [-0.15, -0.1) is 0 Å². The molecule has 1 aliphatic carbocycles. The van der Waals surface area contributed by atoms with E-state index in [2.05, 4.69) is 41.0 Å². The van der Waals surface area contributed by atoms with Gasteiger partial charge in [-0.3, -0.25) is 5.32 Å². The van der Waals surface area contributed by atoms with Crippen LogP contribution in [0.4, 0.5) is 0 Å². The summed E-state index contributed by atoms with van der Waals surface area (Å²) < 4.78 is 2.26. The van der Waals surface area contributed by atoms with Crippen LogP contribution in [0.5, 0.6) is 0 Å². The molecule has 1 saturated carbocycles. The smallest absolute Gasteiger partial charge is 0.109 e. The second-order valence-corrected chi connectivity index (χ2v) is 5.78. The van der Waals surface area contributed by atoms with Gasteiger partial charge in [-0.1, -0.05) is 20.3 Å². The van der Waals surface area contributed by atoms with Crippen molar-refractivity contribution in [3.8, 4) is 6.07 Å². The number of nitrogens with one attached hydrogen (secondary N) is 1. The lowest BCUT2D eigenvalue weighted by molar-refractivity contribution is 0.294. The fourth-order valence-electron chi connectivity index (χ4n) is 3.49. The fraction of sp³-hybridized carbons (Fsp3) is 0.750. The van der Waals surface area contributed by atoms with Crippen molar-refractivity contribution in [2.45, 2.75) is 64.5 Å². The molecule has 2 atom stereocenters. The first-order chi connectivity index (χ1) is 9.75. The zero-order valence-corrected chi connectivity index (χ0v) is 12.7. The summed E-state index contributed by atoms with van der Waals surface area (Å²) in [6.07, 6.45) is 10.5. The molecule has 4 heteroatoms. The third-order valence-electron chi connectivity index (χ3n) is 4.51.